The van der Waals surface area contributed by atoms with Crippen LogP contribution in [0.3, 0.4) is 0 Å². The van der Waals surface area contributed by atoms with Crippen molar-refractivity contribution in [2.24, 2.45) is 0 Å². The molecule has 0 bridgehead atoms. The van der Waals surface area contributed by atoms with Crippen LogP contribution in [0.4, 0.5) is 0 Å². The number of benzene rings is 1. The molecule has 1 aliphatic rings. The van der Waals surface area contributed by atoms with Gasteiger partial charge in [-0.15, -0.1) is 0 Å². The van der Waals surface area contributed by atoms with Crippen LogP contribution in [0.15, 0.2) is 24.3 Å². The molecule has 1 aromatic rings. The minimum absolute atomic E-state index is 0.0907. The predicted molar refractivity (Wildman–Crippen MR) is 76.7 cm³/mol. The van der Waals surface area contributed by atoms with Gasteiger partial charge in [0.15, 0.2) is 0 Å². The van der Waals surface area contributed by atoms with Gasteiger partial charge >= 0.3 is 0 Å². The molecule has 2 rings (SSSR count). The van der Waals surface area contributed by atoms with Crippen LogP contribution in [0.2, 0.25) is 0 Å². The number of hydrogen-bond acceptors (Lipinski definition) is 3. The topological polar surface area (TPSA) is 52.5 Å². The van der Waals surface area contributed by atoms with E-state index < -0.39 is 5.60 Å². The van der Waals surface area contributed by atoms with Crippen LogP contribution in [0.1, 0.15) is 49.7 Å². The van der Waals surface area contributed by atoms with E-state index in [4.69, 9.17) is 5.11 Å². The van der Waals surface area contributed by atoms with Crippen molar-refractivity contribution in [1.29, 1.82) is 0 Å². The summed E-state index contributed by atoms with van der Waals surface area (Å²) in [6.07, 6.45) is 6.63. The maximum atomic E-state index is 10.5. The molecule has 106 valence electrons. The zero-order valence-electron chi connectivity index (χ0n) is 11.6. The molecule has 1 fully saturated rings. The molecule has 0 atom stereocenters. The number of aliphatic hydroxyl groups is 2. The summed E-state index contributed by atoms with van der Waals surface area (Å²) in [7, 11) is 0. The molecule has 3 nitrogen and oxygen atoms in total. The van der Waals surface area contributed by atoms with Gasteiger partial charge in [-0.1, -0.05) is 49.9 Å². The number of hydrogen-bond donors (Lipinski definition) is 3. The molecule has 3 heteroatoms. The second-order valence-corrected chi connectivity index (χ2v) is 5.72. The Morgan fingerprint density at radius 1 is 0.947 bits per heavy atom. The maximum absolute atomic E-state index is 10.5. The summed E-state index contributed by atoms with van der Waals surface area (Å²) in [5, 5.41) is 22.9. The molecule has 0 heterocycles. The molecule has 0 unspecified atom stereocenters. The molecule has 3 N–H and O–H groups in total. The third kappa shape index (κ3) is 4.60. The predicted octanol–water partition coefficient (Wildman–Crippen LogP) is 2.35. The molecule has 0 amide bonds. The largest absolute Gasteiger partial charge is 0.392 e. The normalized spacial score (nSPS) is 19.1. The summed E-state index contributed by atoms with van der Waals surface area (Å²) < 4.78 is 0. The number of aliphatic hydroxyl groups excluding tert-OH is 1. The van der Waals surface area contributed by atoms with E-state index in [-0.39, 0.29) is 6.61 Å². The summed E-state index contributed by atoms with van der Waals surface area (Å²) >= 11 is 0. The molecule has 1 aromatic carbocycles. The molecular formula is C16H25NO2. The summed E-state index contributed by atoms with van der Waals surface area (Å²) in [5.41, 5.74) is 1.61. The average Bonchev–Trinajstić information content (AvgIpc) is 2.65. The van der Waals surface area contributed by atoms with Crippen molar-refractivity contribution in [2.75, 3.05) is 6.54 Å². The van der Waals surface area contributed by atoms with Crippen LogP contribution in [0.5, 0.6) is 0 Å². The van der Waals surface area contributed by atoms with Crippen molar-refractivity contribution in [3.8, 4) is 0 Å². The van der Waals surface area contributed by atoms with Crippen LogP contribution in [-0.2, 0) is 13.2 Å². The van der Waals surface area contributed by atoms with E-state index in [1.807, 2.05) is 24.3 Å². The first kappa shape index (κ1) is 14.5. The van der Waals surface area contributed by atoms with Gasteiger partial charge in [-0.2, -0.15) is 0 Å². The first-order valence-corrected chi connectivity index (χ1v) is 7.34. The Kier molecular flexibility index (Phi) is 5.37. The van der Waals surface area contributed by atoms with Crippen LogP contribution >= 0.6 is 0 Å². The highest BCUT2D eigenvalue weighted by Crippen LogP contribution is 2.26. The van der Waals surface area contributed by atoms with E-state index in [0.29, 0.717) is 6.54 Å². The SMILES string of the molecule is OCc1ccc(CNCC2(O)CCCCCC2)cc1. The van der Waals surface area contributed by atoms with Crippen molar-refractivity contribution < 1.29 is 10.2 Å². The smallest absolute Gasteiger partial charge is 0.0771 e. The van der Waals surface area contributed by atoms with E-state index in [0.717, 1.165) is 37.8 Å². The van der Waals surface area contributed by atoms with Gasteiger partial charge in [-0.25, -0.2) is 0 Å². The van der Waals surface area contributed by atoms with Gasteiger partial charge in [-0.05, 0) is 24.0 Å². The average molecular weight is 263 g/mol. The third-order valence-corrected chi connectivity index (χ3v) is 4.02. The van der Waals surface area contributed by atoms with Crippen molar-refractivity contribution in [1.82, 2.24) is 5.32 Å². The van der Waals surface area contributed by atoms with Crippen LogP contribution in [0.25, 0.3) is 0 Å². The van der Waals surface area contributed by atoms with Crippen molar-refractivity contribution in [3.63, 3.8) is 0 Å². The fraction of sp³-hybridized carbons (Fsp3) is 0.625. The highest BCUT2D eigenvalue weighted by Gasteiger charge is 2.27. The Labute approximate surface area is 115 Å². The van der Waals surface area contributed by atoms with Crippen LogP contribution < -0.4 is 5.32 Å². The second-order valence-electron chi connectivity index (χ2n) is 5.72. The van der Waals surface area contributed by atoms with Gasteiger partial charge < -0.3 is 15.5 Å². The molecular weight excluding hydrogens is 238 g/mol. The van der Waals surface area contributed by atoms with Crippen molar-refractivity contribution in [2.45, 2.75) is 57.3 Å². The Hall–Kier alpha value is -0.900. The van der Waals surface area contributed by atoms with Gasteiger partial charge in [0.1, 0.15) is 0 Å². The first-order valence-electron chi connectivity index (χ1n) is 7.34. The highest BCUT2D eigenvalue weighted by molar-refractivity contribution is 5.21. The molecule has 0 aromatic heterocycles. The Balaban J connectivity index is 1.78. The zero-order chi connectivity index (χ0) is 13.6. The van der Waals surface area contributed by atoms with E-state index in [1.165, 1.54) is 18.4 Å². The van der Waals surface area contributed by atoms with Crippen molar-refractivity contribution in [3.05, 3.63) is 35.4 Å². The standard InChI is InChI=1S/C16H25NO2/c18-12-15-7-5-14(6-8-15)11-17-13-16(19)9-3-1-2-4-10-16/h5-8,17-19H,1-4,9-13H2. The van der Waals surface area contributed by atoms with E-state index in [1.54, 1.807) is 0 Å². The molecule has 0 aliphatic heterocycles. The maximum Gasteiger partial charge on any atom is 0.0771 e. The third-order valence-electron chi connectivity index (χ3n) is 4.02. The molecule has 0 radical (unpaired) electrons. The molecule has 1 aliphatic carbocycles. The minimum Gasteiger partial charge on any atom is -0.392 e. The van der Waals surface area contributed by atoms with E-state index in [9.17, 15) is 5.11 Å². The Morgan fingerprint density at radius 3 is 2.11 bits per heavy atom. The lowest BCUT2D eigenvalue weighted by Gasteiger charge is -2.27. The Bertz CT molecular complexity index is 367. The lowest BCUT2D eigenvalue weighted by molar-refractivity contribution is 0.0250. The quantitative estimate of drug-likeness (QED) is 0.715. The van der Waals surface area contributed by atoms with Crippen LogP contribution in [0, 0.1) is 0 Å². The second kappa shape index (κ2) is 7.04. The molecule has 0 spiro atoms. The monoisotopic (exact) mass is 263 g/mol. The number of rotatable bonds is 5. The summed E-state index contributed by atoms with van der Waals surface area (Å²) in [6.45, 7) is 1.54. The van der Waals surface area contributed by atoms with Gasteiger partial charge in [-0.3, -0.25) is 0 Å². The van der Waals surface area contributed by atoms with Gasteiger partial charge in [0.05, 0.1) is 12.2 Å². The van der Waals surface area contributed by atoms with E-state index in [2.05, 4.69) is 5.32 Å². The van der Waals surface area contributed by atoms with Crippen LogP contribution in [-0.4, -0.2) is 22.4 Å². The van der Waals surface area contributed by atoms with Gasteiger partial charge in [0.2, 0.25) is 0 Å². The zero-order valence-corrected chi connectivity index (χ0v) is 11.6. The lowest BCUT2D eigenvalue weighted by Crippen LogP contribution is -2.39. The molecule has 19 heavy (non-hydrogen) atoms. The van der Waals surface area contributed by atoms with Gasteiger partial charge in [0.25, 0.3) is 0 Å². The fourth-order valence-electron chi connectivity index (χ4n) is 2.77. The minimum atomic E-state index is -0.512. The highest BCUT2D eigenvalue weighted by atomic mass is 16.3. The fourth-order valence-corrected chi connectivity index (χ4v) is 2.77. The lowest BCUT2D eigenvalue weighted by atomic mass is 9.94. The molecule has 0 saturated heterocycles. The summed E-state index contributed by atoms with van der Waals surface area (Å²) in [6, 6.07) is 7.93. The Morgan fingerprint density at radius 2 is 1.53 bits per heavy atom. The number of nitrogens with one attached hydrogen (secondary N) is 1. The van der Waals surface area contributed by atoms with Gasteiger partial charge in [0, 0.05) is 13.1 Å². The van der Waals surface area contributed by atoms with E-state index >= 15 is 0 Å². The van der Waals surface area contributed by atoms with Crippen molar-refractivity contribution >= 4 is 0 Å². The summed E-state index contributed by atoms with van der Waals surface area (Å²) in [4.78, 5) is 0. The first-order chi connectivity index (χ1) is 9.22. The molecule has 1 saturated carbocycles. The summed E-state index contributed by atoms with van der Waals surface area (Å²) in [5.74, 6) is 0.